The molecule has 0 amide bonds. The fraction of sp³-hybridized carbons (Fsp3) is 0.538. The van der Waals surface area contributed by atoms with Gasteiger partial charge in [0.15, 0.2) is 0 Å². The lowest BCUT2D eigenvalue weighted by atomic mass is 10.1. The molecule has 0 atom stereocenters. The molecule has 0 aliphatic heterocycles. The van der Waals surface area contributed by atoms with Crippen LogP contribution in [0.1, 0.15) is 25.0 Å². The van der Waals surface area contributed by atoms with Gasteiger partial charge >= 0.3 is 0 Å². The number of hydrogen-bond acceptors (Lipinski definition) is 4. The first kappa shape index (κ1) is 14.6. The third kappa shape index (κ3) is 4.43. The SMILES string of the molecule is Cc1c(CNCCOC(C)C)cccc1[N+](=O)[O-]. The zero-order valence-corrected chi connectivity index (χ0v) is 11.1. The molecule has 0 unspecified atom stereocenters. The highest BCUT2D eigenvalue weighted by atomic mass is 16.6. The molecule has 0 heterocycles. The lowest BCUT2D eigenvalue weighted by Gasteiger charge is -2.10. The molecule has 5 heteroatoms. The number of ether oxygens (including phenoxy) is 1. The van der Waals surface area contributed by atoms with Crippen LogP contribution in [0, 0.1) is 17.0 Å². The number of nitrogens with zero attached hydrogens (tertiary/aromatic N) is 1. The Hall–Kier alpha value is -1.46. The summed E-state index contributed by atoms with van der Waals surface area (Å²) in [6.07, 6.45) is 0.228. The van der Waals surface area contributed by atoms with Crippen molar-refractivity contribution in [3.05, 3.63) is 39.4 Å². The number of nitrogens with one attached hydrogen (secondary N) is 1. The fourth-order valence-corrected chi connectivity index (χ4v) is 1.65. The second-order valence-corrected chi connectivity index (χ2v) is 4.41. The van der Waals surface area contributed by atoms with Crippen LogP contribution in [0.15, 0.2) is 18.2 Å². The van der Waals surface area contributed by atoms with Crippen molar-refractivity contribution in [1.82, 2.24) is 5.32 Å². The van der Waals surface area contributed by atoms with Crippen LogP contribution >= 0.6 is 0 Å². The Morgan fingerprint density at radius 2 is 2.17 bits per heavy atom. The predicted octanol–water partition coefficient (Wildman–Crippen LogP) is 2.42. The minimum absolute atomic E-state index is 0.174. The summed E-state index contributed by atoms with van der Waals surface area (Å²) >= 11 is 0. The number of nitro groups is 1. The average molecular weight is 252 g/mol. The van der Waals surface area contributed by atoms with E-state index in [2.05, 4.69) is 5.32 Å². The Bertz CT molecular complexity index is 405. The van der Waals surface area contributed by atoms with E-state index >= 15 is 0 Å². The van der Waals surface area contributed by atoms with Gasteiger partial charge in [-0.25, -0.2) is 0 Å². The maximum atomic E-state index is 10.8. The van der Waals surface area contributed by atoms with Crippen LogP contribution in [0.5, 0.6) is 0 Å². The molecule has 0 radical (unpaired) electrons. The topological polar surface area (TPSA) is 64.4 Å². The molecule has 5 nitrogen and oxygen atoms in total. The van der Waals surface area contributed by atoms with Crippen LogP contribution in [-0.4, -0.2) is 24.2 Å². The molecule has 100 valence electrons. The first-order valence-corrected chi connectivity index (χ1v) is 6.07. The lowest BCUT2D eigenvalue weighted by Crippen LogP contribution is -2.21. The highest BCUT2D eigenvalue weighted by molar-refractivity contribution is 5.44. The van der Waals surface area contributed by atoms with E-state index in [1.54, 1.807) is 13.0 Å². The Kier molecular flexibility index (Phi) is 5.74. The third-order valence-corrected chi connectivity index (χ3v) is 2.66. The van der Waals surface area contributed by atoms with Gasteiger partial charge in [0.05, 0.1) is 17.6 Å². The van der Waals surface area contributed by atoms with E-state index in [-0.39, 0.29) is 16.7 Å². The van der Waals surface area contributed by atoms with Crippen molar-refractivity contribution in [2.24, 2.45) is 0 Å². The minimum atomic E-state index is -0.347. The summed E-state index contributed by atoms with van der Waals surface area (Å²) in [4.78, 5) is 10.4. The van der Waals surface area contributed by atoms with Gasteiger partial charge < -0.3 is 10.1 Å². The summed E-state index contributed by atoms with van der Waals surface area (Å²) in [5, 5.41) is 14.0. The molecule has 0 fully saturated rings. The van der Waals surface area contributed by atoms with Crippen LogP contribution in [0.2, 0.25) is 0 Å². The summed E-state index contributed by atoms with van der Waals surface area (Å²) in [6, 6.07) is 5.14. The number of benzene rings is 1. The first-order chi connectivity index (χ1) is 8.52. The standard InChI is InChI=1S/C13H20N2O3/c1-10(2)18-8-7-14-9-12-5-4-6-13(11(12)3)15(16)17/h4-6,10,14H,7-9H2,1-3H3. The van der Waals surface area contributed by atoms with E-state index in [0.29, 0.717) is 13.2 Å². The van der Waals surface area contributed by atoms with Crippen LogP contribution in [0.4, 0.5) is 5.69 Å². The predicted molar refractivity (Wildman–Crippen MR) is 70.6 cm³/mol. The van der Waals surface area contributed by atoms with Gasteiger partial charge in [-0.2, -0.15) is 0 Å². The zero-order valence-electron chi connectivity index (χ0n) is 11.1. The molecule has 1 rings (SSSR count). The van der Waals surface area contributed by atoms with Crippen LogP contribution in [0.3, 0.4) is 0 Å². The molecule has 0 spiro atoms. The first-order valence-electron chi connectivity index (χ1n) is 6.07. The Labute approximate surface area is 107 Å². The molecule has 0 saturated carbocycles. The Morgan fingerprint density at radius 3 is 2.78 bits per heavy atom. The van der Waals surface area contributed by atoms with Gasteiger partial charge in [0.2, 0.25) is 0 Å². The second kappa shape index (κ2) is 7.08. The molecule has 1 aromatic carbocycles. The number of nitro benzene ring substituents is 1. The van der Waals surface area contributed by atoms with Crippen molar-refractivity contribution in [3.63, 3.8) is 0 Å². The highest BCUT2D eigenvalue weighted by Gasteiger charge is 2.12. The molecule has 1 N–H and O–H groups in total. The maximum Gasteiger partial charge on any atom is 0.272 e. The van der Waals surface area contributed by atoms with Crippen molar-refractivity contribution in [1.29, 1.82) is 0 Å². The molecule has 1 aromatic rings. The second-order valence-electron chi connectivity index (χ2n) is 4.41. The van der Waals surface area contributed by atoms with Crippen LogP contribution in [-0.2, 0) is 11.3 Å². The minimum Gasteiger partial charge on any atom is -0.377 e. The van der Waals surface area contributed by atoms with Crippen LogP contribution in [0.25, 0.3) is 0 Å². The zero-order chi connectivity index (χ0) is 13.5. The summed E-state index contributed by atoms with van der Waals surface area (Å²) in [5.41, 5.74) is 1.85. The quantitative estimate of drug-likeness (QED) is 0.460. The van der Waals surface area contributed by atoms with Gasteiger partial charge in [-0.15, -0.1) is 0 Å². The number of hydrogen-bond donors (Lipinski definition) is 1. The summed E-state index contributed by atoms with van der Waals surface area (Å²) in [5.74, 6) is 0. The molecule has 0 bridgehead atoms. The highest BCUT2D eigenvalue weighted by Crippen LogP contribution is 2.20. The Balaban J connectivity index is 2.48. The van der Waals surface area contributed by atoms with E-state index in [1.807, 2.05) is 19.9 Å². The summed E-state index contributed by atoms with van der Waals surface area (Å²) in [7, 11) is 0. The number of rotatable bonds is 7. The molecule has 0 aromatic heterocycles. The fourth-order valence-electron chi connectivity index (χ4n) is 1.65. The van der Waals surface area contributed by atoms with Gasteiger partial charge in [0.1, 0.15) is 0 Å². The van der Waals surface area contributed by atoms with E-state index in [0.717, 1.165) is 17.7 Å². The lowest BCUT2D eigenvalue weighted by molar-refractivity contribution is -0.385. The van der Waals surface area contributed by atoms with Gasteiger partial charge in [-0.1, -0.05) is 12.1 Å². The molecule has 0 aliphatic carbocycles. The smallest absolute Gasteiger partial charge is 0.272 e. The maximum absolute atomic E-state index is 10.8. The van der Waals surface area contributed by atoms with Gasteiger partial charge in [-0.3, -0.25) is 10.1 Å². The summed E-state index contributed by atoms with van der Waals surface area (Å²) in [6.45, 7) is 7.76. The van der Waals surface area contributed by atoms with E-state index in [1.165, 1.54) is 6.07 Å². The van der Waals surface area contributed by atoms with Crippen LogP contribution < -0.4 is 5.32 Å². The van der Waals surface area contributed by atoms with Crippen molar-refractivity contribution >= 4 is 5.69 Å². The molecule has 18 heavy (non-hydrogen) atoms. The molecular weight excluding hydrogens is 232 g/mol. The van der Waals surface area contributed by atoms with E-state index in [9.17, 15) is 10.1 Å². The molecule has 0 saturated heterocycles. The normalized spacial score (nSPS) is 10.9. The van der Waals surface area contributed by atoms with Crippen molar-refractivity contribution < 1.29 is 9.66 Å². The van der Waals surface area contributed by atoms with Crippen molar-refractivity contribution in [2.75, 3.05) is 13.2 Å². The van der Waals surface area contributed by atoms with Crippen molar-refractivity contribution in [2.45, 2.75) is 33.4 Å². The third-order valence-electron chi connectivity index (χ3n) is 2.66. The van der Waals surface area contributed by atoms with Gasteiger partial charge in [0, 0.05) is 24.7 Å². The average Bonchev–Trinajstić information content (AvgIpc) is 2.30. The molecule has 0 aliphatic rings. The van der Waals surface area contributed by atoms with Crippen molar-refractivity contribution in [3.8, 4) is 0 Å². The van der Waals surface area contributed by atoms with E-state index < -0.39 is 0 Å². The van der Waals surface area contributed by atoms with Gasteiger partial charge in [-0.05, 0) is 26.3 Å². The van der Waals surface area contributed by atoms with Gasteiger partial charge in [0.25, 0.3) is 5.69 Å². The molecular formula is C13H20N2O3. The largest absolute Gasteiger partial charge is 0.377 e. The van der Waals surface area contributed by atoms with E-state index in [4.69, 9.17) is 4.74 Å². The summed E-state index contributed by atoms with van der Waals surface area (Å²) < 4.78 is 5.40. The monoisotopic (exact) mass is 252 g/mol. The Morgan fingerprint density at radius 1 is 1.44 bits per heavy atom.